The van der Waals surface area contributed by atoms with Gasteiger partial charge in [-0.15, -0.1) is 11.3 Å². The molecule has 1 amide bonds. The van der Waals surface area contributed by atoms with Crippen LogP contribution in [0, 0.1) is 13.8 Å². The van der Waals surface area contributed by atoms with E-state index in [1.54, 1.807) is 12.3 Å². The third-order valence-corrected chi connectivity index (χ3v) is 3.58. The summed E-state index contributed by atoms with van der Waals surface area (Å²) >= 11 is 1.43. The number of amides is 1. The molecule has 0 saturated carbocycles. The van der Waals surface area contributed by atoms with E-state index in [-0.39, 0.29) is 0 Å². The molecule has 0 aliphatic heterocycles. The van der Waals surface area contributed by atoms with Gasteiger partial charge in [-0.25, -0.2) is 4.79 Å². The van der Waals surface area contributed by atoms with Gasteiger partial charge in [0.1, 0.15) is 0 Å². The maximum atomic E-state index is 11.8. The first-order valence-electron chi connectivity index (χ1n) is 5.11. The minimum atomic E-state index is -1.29. The molecule has 3 N–H and O–H groups in total. The van der Waals surface area contributed by atoms with Crippen LogP contribution in [0.2, 0.25) is 0 Å². The van der Waals surface area contributed by atoms with Crippen molar-refractivity contribution in [1.29, 1.82) is 0 Å². The third kappa shape index (κ3) is 3.04. The standard InChI is InChI=1S/C11H15NO4S/c1-5-7(3)17-4-8(5)10(14)12-9(6(2)13)11(15)16/h4,6,9,13H,1-3H3,(H,12,14)(H,15,16). The molecule has 0 radical (unpaired) electrons. The number of carboxylic acids is 1. The second kappa shape index (κ2) is 5.29. The van der Waals surface area contributed by atoms with E-state index in [2.05, 4.69) is 5.32 Å². The second-order valence-corrected chi connectivity index (χ2v) is 4.94. The predicted octanol–water partition coefficient (Wildman–Crippen LogP) is 0.929. The Labute approximate surface area is 103 Å². The highest BCUT2D eigenvalue weighted by atomic mass is 32.1. The number of carboxylic acid groups (broad SMARTS) is 1. The Bertz CT molecular complexity index is 439. The summed E-state index contributed by atoms with van der Waals surface area (Å²) in [6.07, 6.45) is -1.14. The third-order valence-electron chi connectivity index (χ3n) is 2.57. The Morgan fingerprint density at radius 1 is 1.41 bits per heavy atom. The first kappa shape index (κ1) is 13.7. The van der Waals surface area contributed by atoms with Crippen molar-refractivity contribution in [3.8, 4) is 0 Å². The number of nitrogens with one attached hydrogen (secondary N) is 1. The maximum Gasteiger partial charge on any atom is 0.328 e. The largest absolute Gasteiger partial charge is 0.480 e. The lowest BCUT2D eigenvalue weighted by atomic mass is 10.1. The molecule has 0 saturated heterocycles. The zero-order valence-corrected chi connectivity index (χ0v) is 10.7. The number of aliphatic hydroxyl groups excluding tert-OH is 1. The molecule has 0 aromatic carbocycles. The molecule has 2 atom stereocenters. The molecule has 17 heavy (non-hydrogen) atoms. The van der Waals surface area contributed by atoms with Crippen LogP contribution in [0.3, 0.4) is 0 Å². The summed E-state index contributed by atoms with van der Waals surface area (Å²) in [7, 11) is 0. The van der Waals surface area contributed by atoms with Crippen LogP contribution >= 0.6 is 11.3 Å². The zero-order valence-electron chi connectivity index (χ0n) is 9.85. The summed E-state index contributed by atoms with van der Waals surface area (Å²) in [6.45, 7) is 5.02. The number of thiophene rings is 1. The zero-order chi connectivity index (χ0) is 13.2. The number of aryl methyl sites for hydroxylation is 1. The molecular weight excluding hydrogens is 242 g/mol. The van der Waals surface area contributed by atoms with E-state index in [4.69, 9.17) is 5.11 Å². The first-order chi connectivity index (χ1) is 7.84. The molecule has 5 nitrogen and oxygen atoms in total. The minimum absolute atomic E-state index is 0.458. The Morgan fingerprint density at radius 2 is 2.00 bits per heavy atom. The van der Waals surface area contributed by atoms with E-state index in [1.807, 2.05) is 6.92 Å². The normalized spacial score (nSPS) is 14.1. The maximum absolute atomic E-state index is 11.8. The van der Waals surface area contributed by atoms with Crippen LogP contribution in [0.25, 0.3) is 0 Å². The van der Waals surface area contributed by atoms with Crippen LogP contribution in [0.15, 0.2) is 5.38 Å². The predicted molar refractivity (Wildman–Crippen MR) is 64.4 cm³/mol. The van der Waals surface area contributed by atoms with Crippen molar-refractivity contribution in [3.05, 3.63) is 21.4 Å². The first-order valence-corrected chi connectivity index (χ1v) is 5.99. The highest BCUT2D eigenvalue weighted by Gasteiger charge is 2.26. The summed E-state index contributed by atoms with van der Waals surface area (Å²) in [5.74, 6) is -1.72. The number of hydrogen-bond donors (Lipinski definition) is 3. The van der Waals surface area contributed by atoms with Gasteiger partial charge >= 0.3 is 5.97 Å². The van der Waals surface area contributed by atoms with Gasteiger partial charge in [-0.05, 0) is 26.3 Å². The van der Waals surface area contributed by atoms with E-state index >= 15 is 0 Å². The summed E-state index contributed by atoms with van der Waals surface area (Å²) in [5, 5.41) is 22.1. The van der Waals surface area contributed by atoms with Crippen LogP contribution in [-0.4, -0.2) is 34.2 Å². The van der Waals surface area contributed by atoms with Crippen LogP contribution in [0.1, 0.15) is 27.7 Å². The quantitative estimate of drug-likeness (QED) is 0.749. The Kier molecular flexibility index (Phi) is 4.25. The average molecular weight is 257 g/mol. The van der Waals surface area contributed by atoms with Gasteiger partial charge in [-0.2, -0.15) is 0 Å². The van der Waals surface area contributed by atoms with Crippen LogP contribution in [0.5, 0.6) is 0 Å². The van der Waals surface area contributed by atoms with E-state index in [0.29, 0.717) is 5.56 Å². The lowest BCUT2D eigenvalue weighted by Crippen LogP contribution is -2.47. The Morgan fingerprint density at radius 3 is 2.35 bits per heavy atom. The van der Waals surface area contributed by atoms with Crippen LogP contribution < -0.4 is 5.32 Å². The molecule has 94 valence electrons. The molecule has 1 aromatic heterocycles. The van der Waals surface area contributed by atoms with Gasteiger partial charge in [-0.1, -0.05) is 0 Å². The summed E-state index contributed by atoms with van der Waals surface area (Å²) in [4.78, 5) is 23.7. The highest BCUT2D eigenvalue weighted by Crippen LogP contribution is 2.20. The van der Waals surface area contributed by atoms with E-state index in [0.717, 1.165) is 10.4 Å². The molecule has 0 fully saturated rings. The molecule has 0 aliphatic carbocycles. The molecule has 1 rings (SSSR count). The number of carbonyl (C=O) groups is 2. The fraction of sp³-hybridized carbons (Fsp3) is 0.455. The monoisotopic (exact) mass is 257 g/mol. The van der Waals surface area contributed by atoms with Gasteiger partial charge < -0.3 is 15.5 Å². The average Bonchev–Trinajstić information content (AvgIpc) is 2.55. The molecule has 2 unspecified atom stereocenters. The van der Waals surface area contributed by atoms with Crippen molar-refractivity contribution in [2.45, 2.75) is 32.9 Å². The van der Waals surface area contributed by atoms with Gasteiger partial charge in [0.05, 0.1) is 11.7 Å². The van der Waals surface area contributed by atoms with E-state index < -0.39 is 24.0 Å². The van der Waals surface area contributed by atoms with Crippen molar-refractivity contribution < 1.29 is 19.8 Å². The molecule has 0 bridgehead atoms. The van der Waals surface area contributed by atoms with Crippen molar-refractivity contribution in [2.75, 3.05) is 0 Å². The van der Waals surface area contributed by atoms with E-state index in [9.17, 15) is 14.7 Å². The van der Waals surface area contributed by atoms with Crippen molar-refractivity contribution in [3.63, 3.8) is 0 Å². The topological polar surface area (TPSA) is 86.6 Å². The van der Waals surface area contributed by atoms with E-state index in [1.165, 1.54) is 18.3 Å². The molecule has 6 heteroatoms. The summed E-state index contributed by atoms with van der Waals surface area (Å²) in [6, 6.07) is -1.29. The molecule has 1 aromatic rings. The molecular formula is C11H15NO4S. The minimum Gasteiger partial charge on any atom is -0.480 e. The number of carbonyl (C=O) groups excluding carboxylic acids is 1. The van der Waals surface area contributed by atoms with Gasteiger partial charge in [0.15, 0.2) is 6.04 Å². The summed E-state index contributed by atoms with van der Waals surface area (Å²) in [5.41, 5.74) is 1.29. The van der Waals surface area contributed by atoms with Crippen LogP contribution in [-0.2, 0) is 4.79 Å². The van der Waals surface area contributed by atoms with Gasteiger partial charge in [0, 0.05) is 10.3 Å². The molecule has 0 aliphatic rings. The van der Waals surface area contributed by atoms with Crippen LogP contribution in [0.4, 0.5) is 0 Å². The number of aliphatic hydroxyl groups is 1. The van der Waals surface area contributed by atoms with Gasteiger partial charge in [0.25, 0.3) is 5.91 Å². The Hall–Kier alpha value is -1.40. The number of aliphatic carboxylic acids is 1. The lowest BCUT2D eigenvalue weighted by Gasteiger charge is -2.16. The smallest absolute Gasteiger partial charge is 0.328 e. The molecule has 1 heterocycles. The van der Waals surface area contributed by atoms with Crippen molar-refractivity contribution in [2.24, 2.45) is 0 Å². The van der Waals surface area contributed by atoms with Gasteiger partial charge in [-0.3, -0.25) is 4.79 Å². The SMILES string of the molecule is Cc1scc(C(=O)NC(C(=O)O)C(C)O)c1C. The van der Waals surface area contributed by atoms with Crippen molar-refractivity contribution >= 4 is 23.2 Å². The van der Waals surface area contributed by atoms with Crippen molar-refractivity contribution in [1.82, 2.24) is 5.32 Å². The second-order valence-electron chi connectivity index (χ2n) is 3.86. The summed E-state index contributed by atoms with van der Waals surface area (Å²) < 4.78 is 0. The van der Waals surface area contributed by atoms with Gasteiger partial charge in [0.2, 0.25) is 0 Å². The number of hydrogen-bond acceptors (Lipinski definition) is 4. The Balaban J connectivity index is 2.85. The highest BCUT2D eigenvalue weighted by molar-refractivity contribution is 7.10. The fourth-order valence-corrected chi connectivity index (χ4v) is 2.21. The molecule has 0 spiro atoms. The lowest BCUT2D eigenvalue weighted by molar-refractivity contribution is -0.141. The fourth-order valence-electron chi connectivity index (χ4n) is 1.35. The number of rotatable bonds is 4.